The number of amides is 1. The molecule has 2 fully saturated rings. The standard InChI is InChI=1S/C26H35N3O/c1-29-18-8-13-24(29)16-17-28-23-15-14-22(19-23)26(25(27)30,20-9-4-2-5-10-20)21-11-6-3-7-12-21/h2-7,9-12,22-24,28H,8,13-19H2,1H3,(H2,27,30)/t22?,23?,24-/m0/s1. The number of benzene rings is 2. The molecular weight excluding hydrogens is 370 g/mol. The Morgan fingerprint density at radius 1 is 1.03 bits per heavy atom. The number of primary amides is 1. The van der Waals surface area contributed by atoms with Crippen LogP contribution in [0.15, 0.2) is 60.7 Å². The number of rotatable bonds is 8. The van der Waals surface area contributed by atoms with Crippen LogP contribution in [-0.4, -0.2) is 43.0 Å². The number of nitrogens with zero attached hydrogens (tertiary/aromatic N) is 1. The predicted molar refractivity (Wildman–Crippen MR) is 122 cm³/mol. The molecule has 1 aliphatic carbocycles. The first-order valence-electron chi connectivity index (χ1n) is 11.5. The minimum atomic E-state index is -0.773. The first-order valence-corrected chi connectivity index (χ1v) is 11.5. The van der Waals surface area contributed by atoms with E-state index in [1.807, 2.05) is 36.4 Å². The van der Waals surface area contributed by atoms with Gasteiger partial charge in [-0.05, 0) is 75.7 Å². The van der Waals surface area contributed by atoms with E-state index in [9.17, 15) is 4.79 Å². The third kappa shape index (κ3) is 4.03. The van der Waals surface area contributed by atoms with Gasteiger partial charge in [0, 0.05) is 12.1 Å². The smallest absolute Gasteiger partial charge is 0.232 e. The summed E-state index contributed by atoms with van der Waals surface area (Å²) in [6.07, 6.45) is 6.93. The van der Waals surface area contributed by atoms with Crippen LogP contribution in [0.25, 0.3) is 0 Å². The van der Waals surface area contributed by atoms with Crippen LogP contribution in [0.1, 0.15) is 49.7 Å². The highest BCUT2D eigenvalue weighted by Gasteiger charge is 2.49. The second-order valence-electron chi connectivity index (χ2n) is 9.13. The molecule has 2 aromatic carbocycles. The average molecular weight is 406 g/mol. The van der Waals surface area contributed by atoms with Crippen molar-refractivity contribution in [2.45, 2.75) is 56.0 Å². The fourth-order valence-electron chi connectivity index (χ4n) is 5.88. The van der Waals surface area contributed by atoms with E-state index in [-0.39, 0.29) is 11.8 Å². The van der Waals surface area contributed by atoms with Crippen molar-refractivity contribution < 1.29 is 4.79 Å². The summed E-state index contributed by atoms with van der Waals surface area (Å²) in [6.45, 7) is 2.28. The lowest BCUT2D eigenvalue weighted by Gasteiger charge is -2.38. The van der Waals surface area contributed by atoms with Gasteiger partial charge in [0.05, 0.1) is 0 Å². The van der Waals surface area contributed by atoms with Crippen LogP contribution in [0.4, 0.5) is 0 Å². The molecule has 30 heavy (non-hydrogen) atoms. The maximum atomic E-state index is 13.1. The molecule has 3 atom stereocenters. The molecule has 0 radical (unpaired) electrons. The lowest BCUT2D eigenvalue weighted by Crippen LogP contribution is -2.48. The van der Waals surface area contributed by atoms with Gasteiger partial charge < -0.3 is 16.0 Å². The summed E-state index contributed by atoms with van der Waals surface area (Å²) in [5.41, 5.74) is 7.45. The zero-order valence-corrected chi connectivity index (χ0v) is 18.1. The maximum absolute atomic E-state index is 13.1. The highest BCUT2D eigenvalue weighted by Crippen LogP contribution is 2.46. The predicted octanol–water partition coefficient (Wildman–Crippen LogP) is 3.70. The Hall–Kier alpha value is -2.17. The van der Waals surface area contributed by atoms with Gasteiger partial charge in [-0.15, -0.1) is 0 Å². The second kappa shape index (κ2) is 9.32. The summed E-state index contributed by atoms with van der Waals surface area (Å²) >= 11 is 0. The van der Waals surface area contributed by atoms with Crippen molar-refractivity contribution in [2.75, 3.05) is 20.1 Å². The van der Waals surface area contributed by atoms with Crippen LogP contribution >= 0.6 is 0 Å². The monoisotopic (exact) mass is 405 g/mol. The Morgan fingerprint density at radius 2 is 1.67 bits per heavy atom. The minimum absolute atomic E-state index is 0.200. The van der Waals surface area contributed by atoms with Gasteiger partial charge in [-0.2, -0.15) is 0 Å². The SMILES string of the molecule is CN1CCC[C@H]1CCNC1CCC(C(C(N)=O)(c2ccccc2)c2ccccc2)C1. The highest BCUT2D eigenvalue weighted by atomic mass is 16.1. The Balaban J connectivity index is 1.53. The van der Waals surface area contributed by atoms with Gasteiger partial charge in [0.15, 0.2) is 0 Å². The van der Waals surface area contributed by atoms with Crippen molar-refractivity contribution in [3.05, 3.63) is 71.8 Å². The van der Waals surface area contributed by atoms with Crippen molar-refractivity contribution in [2.24, 2.45) is 11.7 Å². The van der Waals surface area contributed by atoms with E-state index < -0.39 is 5.41 Å². The van der Waals surface area contributed by atoms with Crippen LogP contribution in [-0.2, 0) is 10.2 Å². The van der Waals surface area contributed by atoms with Gasteiger partial charge in [-0.3, -0.25) is 4.79 Å². The first kappa shape index (κ1) is 21.1. The Morgan fingerprint density at radius 3 is 2.20 bits per heavy atom. The Bertz CT molecular complexity index is 783. The molecule has 1 saturated carbocycles. The molecule has 4 heteroatoms. The van der Waals surface area contributed by atoms with E-state index in [0.717, 1.165) is 36.9 Å². The van der Waals surface area contributed by atoms with E-state index in [1.165, 1.54) is 25.8 Å². The number of carbonyl (C=O) groups is 1. The molecule has 3 N–H and O–H groups in total. The van der Waals surface area contributed by atoms with Gasteiger partial charge in [0.1, 0.15) is 5.41 Å². The molecular formula is C26H35N3O. The number of nitrogens with one attached hydrogen (secondary N) is 1. The van der Waals surface area contributed by atoms with Crippen LogP contribution in [0.2, 0.25) is 0 Å². The molecule has 4 nitrogen and oxygen atoms in total. The molecule has 2 aliphatic rings. The summed E-state index contributed by atoms with van der Waals surface area (Å²) in [7, 11) is 2.24. The number of likely N-dealkylation sites (tertiary alicyclic amines) is 1. The van der Waals surface area contributed by atoms with Crippen molar-refractivity contribution in [1.82, 2.24) is 10.2 Å². The van der Waals surface area contributed by atoms with Crippen molar-refractivity contribution in [1.29, 1.82) is 0 Å². The molecule has 1 saturated heterocycles. The van der Waals surface area contributed by atoms with Crippen LogP contribution in [0.3, 0.4) is 0 Å². The van der Waals surface area contributed by atoms with Crippen LogP contribution in [0, 0.1) is 5.92 Å². The van der Waals surface area contributed by atoms with E-state index in [2.05, 4.69) is 41.5 Å². The summed E-state index contributed by atoms with van der Waals surface area (Å²) in [6, 6.07) is 21.5. The highest BCUT2D eigenvalue weighted by molar-refractivity contribution is 5.91. The van der Waals surface area contributed by atoms with Crippen molar-refractivity contribution in [3.63, 3.8) is 0 Å². The van der Waals surface area contributed by atoms with Crippen molar-refractivity contribution >= 4 is 5.91 Å². The van der Waals surface area contributed by atoms with Gasteiger partial charge in [0.25, 0.3) is 0 Å². The Kier molecular flexibility index (Phi) is 6.55. The third-order valence-corrected chi connectivity index (χ3v) is 7.47. The normalized spacial score (nSPS) is 24.9. The fourth-order valence-corrected chi connectivity index (χ4v) is 5.88. The zero-order chi connectivity index (χ0) is 21.0. The summed E-state index contributed by atoms with van der Waals surface area (Å²) in [4.78, 5) is 15.6. The minimum Gasteiger partial charge on any atom is -0.369 e. The maximum Gasteiger partial charge on any atom is 0.232 e. The second-order valence-corrected chi connectivity index (χ2v) is 9.13. The lowest BCUT2D eigenvalue weighted by molar-refractivity contribution is -0.123. The number of nitrogens with two attached hydrogens (primary N) is 1. The lowest BCUT2D eigenvalue weighted by atomic mass is 9.64. The molecule has 0 aromatic heterocycles. The topological polar surface area (TPSA) is 58.4 Å². The molecule has 1 aliphatic heterocycles. The number of hydrogen-bond donors (Lipinski definition) is 2. The van der Waals surface area contributed by atoms with E-state index >= 15 is 0 Å². The largest absolute Gasteiger partial charge is 0.369 e. The van der Waals surface area contributed by atoms with Crippen LogP contribution in [0.5, 0.6) is 0 Å². The molecule has 2 aromatic rings. The Labute approximate surface area is 180 Å². The molecule has 1 amide bonds. The molecule has 0 bridgehead atoms. The number of hydrogen-bond acceptors (Lipinski definition) is 3. The number of carbonyl (C=O) groups excluding carboxylic acids is 1. The van der Waals surface area contributed by atoms with Gasteiger partial charge in [-0.1, -0.05) is 60.7 Å². The van der Waals surface area contributed by atoms with Crippen molar-refractivity contribution in [3.8, 4) is 0 Å². The van der Waals surface area contributed by atoms with E-state index in [4.69, 9.17) is 5.73 Å². The van der Waals surface area contributed by atoms with E-state index in [0.29, 0.717) is 12.1 Å². The molecule has 2 unspecified atom stereocenters. The molecule has 1 heterocycles. The molecule has 4 rings (SSSR count). The summed E-state index contributed by atoms with van der Waals surface area (Å²) in [5.74, 6) is -0.0374. The first-order chi connectivity index (χ1) is 14.6. The average Bonchev–Trinajstić information content (AvgIpc) is 3.40. The van der Waals surface area contributed by atoms with E-state index in [1.54, 1.807) is 0 Å². The third-order valence-electron chi connectivity index (χ3n) is 7.47. The van der Waals surface area contributed by atoms with Gasteiger partial charge >= 0.3 is 0 Å². The fraction of sp³-hybridized carbons (Fsp3) is 0.500. The van der Waals surface area contributed by atoms with Gasteiger partial charge in [0.2, 0.25) is 5.91 Å². The quantitative estimate of drug-likeness (QED) is 0.704. The zero-order valence-electron chi connectivity index (χ0n) is 18.1. The molecule has 0 spiro atoms. The van der Waals surface area contributed by atoms with Gasteiger partial charge in [-0.25, -0.2) is 0 Å². The molecule has 160 valence electrons. The van der Waals surface area contributed by atoms with Crippen LogP contribution < -0.4 is 11.1 Å². The summed E-state index contributed by atoms with van der Waals surface area (Å²) < 4.78 is 0. The summed E-state index contributed by atoms with van der Waals surface area (Å²) in [5, 5.41) is 3.79.